The van der Waals surface area contributed by atoms with Crippen molar-refractivity contribution in [1.29, 1.82) is 0 Å². The minimum Gasteiger partial charge on any atom is -0.359 e. The molecule has 1 N–H and O–H groups in total. The zero-order valence-corrected chi connectivity index (χ0v) is 16.5. The molecule has 1 aromatic heterocycles. The van der Waals surface area contributed by atoms with E-state index in [0.29, 0.717) is 5.57 Å². The van der Waals surface area contributed by atoms with E-state index < -0.39 is 8.53 Å². The smallest absolute Gasteiger partial charge is 0.296 e. The molecule has 6 heteroatoms. The minimum absolute atomic E-state index is 0.104. The van der Waals surface area contributed by atoms with Crippen LogP contribution in [-0.2, 0) is 13.8 Å². The van der Waals surface area contributed by atoms with Crippen molar-refractivity contribution >= 4 is 31.8 Å². The van der Waals surface area contributed by atoms with E-state index in [1.807, 2.05) is 58.0 Å². The van der Waals surface area contributed by atoms with Gasteiger partial charge in [0.15, 0.2) is 0 Å². The Balaban J connectivity index is 0.00000109. The van der Waals surface area contributed by atoms with Gasteiger partial charge in [0.2, 0.25) is 0 Å². The summed E-state index contributed by atoms with van der Waals surface area (Å²) >= 11 is 0. The zero-order chi connectivity index (χ0) is 18.6. The number of rotatable bonds is 4. The molecule has 1 aliphatic heterocycles. The van der Waals surface area contributed by atoms with Crippen LogP contribution in [0.5, 0.6) is 0 Å². The molecule has 0 unspecified atom stereocenters. The normalized spacial score (nSPS) is 14.8. The minimum atomic E-state index is -1.45. The molecule has 0 saturated carbocycles. The van der Waals surface area contributed by atoms with Gasteiger partial charge >= 0.3 is 0 Å². The SMILES string of the molecule is CC.COP(OC)N1C(=O)/C(=C\c2[nH]c(C)cc2C)c2ccccc21. The molecule has 0 bridgehead atoms. The number of H-pyrrole nitrogens is 1. The molecule has 25 heavy (non-hydrogen) atoms. The van der Waals surface area contributed by atoms with Crippen LogP contribution in [0.1, 0.15) is 36.4 Å². The van der Waals surface area contributed by atoms with Crippen LogP contribution in [0.3, 0.4) is 0 Å². The predicted molar refractivity (Wildman–Crippen MR) is 104 cm³/mol. The number of hydrogen-bond acceptors (Lipinski definition) is 3. The highest BCUT2D eigenvalue weighted by Gasteiger charge is 2.38. The molecule has 1 aromatic carbocycles. The van der Waals surface area contributed by atoms with Crippen molar-refractivity contribution in [2.24, 2.45) is 0 Å². The molecule has 0 saturated heterocycles. The quantitative estimate of drug-likeness (QED) is 0.612. The summed E-state index contributed by atoms with van der Waals surface area (Å²) in [5.41, 5.74) is 5.49. The fourth-order valence-corrected chi connectivity index (χ4v) is 3.89. The Kier molecular flexibility index (Phi) is 6.54. The lowest BCUT2D eigenvalue weighted by Gasteiger charge is -2.23. The maximum Gasteiger partial charge on any atom is 0.296 e. The van der Waals surface area contributed by atoms with E-state index in [-0.39, 0.29) is 5.91 Å². The Hall–Kier alpha value is -1.94. The molecule has 0 spiro atoms. The number of fused-ring (bicyclic) bond motifs is 1. The Morgan fingerprint density at radius 2 is 1.76 bits per heavy atom. The lowest BCUT2D eigenvalue weighted by atomic mass is 10.1. The van der Waals surface area contributed by atoms with Crippen LogP contribution in [0.25, 0.3) is 11.6 Å². The van der Waals surface area contributed by atoms with Gasteiger partial charge in [-0.15, -0.1) is 0 Å². The van der Waals surface area contributed by atoms with Gasteiger partial charge in [-0.25, -0.2) is 4.67 Å². The third-order valence-corrected chi connectivity index (χ3v) is 5.15. The third kappa shape index (κ3) is 3.69. The molecular formula is C19H25N2O3P. The Labute approximate surface area is 150 Å². The first-order chi connectivity index (χ1) is 12.1. The largest absolute Gasteiger partial charge is 0.359 e. The first-order valence-corrected chi connectivity index (χ1v) is 9.40. The van der Waals surface area contributed by atoms with Gasteiger partial charge in [-0.2, -0.15) is 0 Å². The first-order valence-electron chi connectivity index (χ1n) is 8.27. The van der Waals surface area contributed by atoms with Crippen molar-refractivity contribution in [3.05, 3.63) is 52.8 Å². The number of carbonyl (C=O) groups excluding carboxylic acids is 1. The Morgan fingerprint density at radius 3 is 2.32 bits per heavy atom. The van der Waals surface area contributed by atoms with E-state index in [1.165, 1.54) is 0 Å². The summed E-state index contributed by atoms with van der Waals surface area (Å²) in [7, 11) is 1.64. The van der Waals surface area contributed by atoms with Crippen LogP contribution in [0.2, 0.25) is 0 Å². The number of nitrogens with one attached hydrogen (secondary N) is 1. The monoisotopic (exact) mass is 360 g/mol. The van der Waals surface area contributed by atoms with E-state index in [2.05, 4.69) is 11.1 Å². The van der Waals surface area contributed by atoms with Gasteiger partial charge in [0, 0.05) is 31.2 Å². The molecule has 0 atom stereocenters. The van der Waals surface area contributed by atoms with E-state index in [9.17, 15) is 4.79 Å². The number of aromatic nitrogens is 1. The van der Waals surface area contributed by atoms with Crippen molar-refractivity contribution in [2.75, 3.05) is 18.9 Å². The van der Waals surface area contributed by atoms with Crippen molar-refractivity contribution in [3.8, 4) is 0 Å². The topological polar surface area (TPSA) is 54.6 Å². The highest BCUT2D eigenvalue weighted by molar-refractivity contribution is 7.50. The number of carbonyl (C=O) groups is 1. The van der Waals surface area contributed by atoms with E-state index in [0.717, 1.165) is 28.2 Å². The molecule has 2 aromatic rings. The van der Waals surface area contributed by atoms with Gasteiger partial charge < -0.3 is 14.0 Å². The lowest BCUT2D eigenvalue weighted by Crippen LogP contribution is -2.21. The van der Waals surface area contributed by atoms with Gasteiger partial charge in [0.1, 0.15) is 0 Å². The van der Waals surface area contributed by atoms with Crippen molar-refractivity contribution in [2.45, 2.75) is 27.7 Å². The third-order valence-electron chi connectivity index (χ3n) is 3.80. The first kappa shape index (κ1) is 19.4. The molecule has 1 aliphatic rings. The number of amides is 1. The molecular weight excluding hydrogens is 335 g/mol. The van der Waals surface area contributed by atoms with E-state index in [1.54, 1.807) is 18.9 Å². The Bertz CT molecular complexity index is 779. The highest BCUT2D eigenvalue weighted by atomic mass is 31.2. The number of aryl methyl sites for hydroxylation is 2. The molecule has 2 heterocycles. The summed E-state index contributed by atoms with van der Waals surface area (Å²) < 4.78 is 12.3. The number of nitrogens with zero attached hydrogens (tertiary/aromatic N) is 1. The summed E-state index contributed by atoms with van der Waals surface area (Å²) in [5.74, 6) is -0.104. The van der Waals surface area contributed by atoms with Crippen molar-refractivity contribution in [3.63, 3.8) is 0 Å². The fraction of sp³-hybridized carbons (Fsp3) is 0.316. The van der Waals surface area contributed by atoms with Crippen LogP contribution >= 0.6 is 8.53 Å². The molecule has 5 nitrogen and oxygen atoms in total. The Morgan fingerprint density at radius 1 is 1.12 bits per heavy atom. The molecule has 0 radical (unpaired) electrons. The second-order valence-corrected chi connectivity index (χ2v) is 6.95. The van der Waals surface area contributed by atoms with Crippen LogP contribution in [0.15, 0.2) is 30.3 Å². The number of aromatic amines is 1. The summed E-state index contributed by atoms with van der Waals surface area (Å²) in [5, 5.41) is 0. The maximum atomic E-state index is 12.9. The van der Waals surface area contributed by atoms with E-state index >= 15 is 0 Å². The maximum absolute atomic E-state index is 12.9. The van der Waals surface area contributed by atoms with Gasteiger partial charge in [-0.05, 0) is 37.6 Å². The summed E-state index contributed by atoms with van der Waals surface area (Å²) in [6.45, 7) is 8.02. The summed E-state index contributed by atoms with van der Waals surface area (Å²) in [6, 6.07) is 9.76. The van der Waals surface area contributed by atoms with Crippen LogP contribution in [-0.4, -0.2) is 25.1 Å². The molecule has 3 rings (SSSR count). The zero-order valence-electron chi connectivity index (χ0n) is 15.6. The number of para-hydroxylation sites is 1. The number of anilines is 1. The predicted octanol–water partition coefficient (Wildman–Crippen LogP) is 5.06. The second kappa shape index (κ2) is 8.43. The van der Waals surface area contributed by atoms with Gasteiger partial charge in [0.25, 0.3) is 14.4 Å². The van der Waals surface area contributed by atoms with Gasteiger partial charge in [-0.3, -0.25) is 4.79 Å². The fourth-order valence-electron chi connectivity index (χ4n) is 2.81. The number of benzene rings is 1. The highest BCUT2D eigenvalue weighted by Crippen LogP contribution is 2.52. The van der Waals surface area contributed by atoms with Gasteiger partial charge in [-0.1, -0.05) is 32.0 Å². The van der Waals surface area contributed by atoms with Crippen LogP contribution in [0, 0.1) is 13.8 Å². The van der Waals surface area contributed by atoms with Crippen molar-refractivity contribution in [1.82, 2.24) is 4.98 Å². The molecule has 1 amide bonds. The molecule has 0 fully saturated rings. The standard InChI is InChI=1S/C17H19N2O3P.C2H6/c1-11-9-12(2)18-15(11)10-14-13-7-5-6-8-16(13)19(17(14)20)23(21-3)22-4;1-2/h5-10,18H,1-4H3;1-2H3/b14-10-;. The van der Waals surface area contributed by atoms with E-state index in [4.69, 9.17) is 9.05 Å². The number of hydrogen-bond donors (Lipinski definition) is 1. The summed E-state index contributed by atoms with van der Waals surface area (Å²) in [4.78, 5) is 16.2. The molecule has 134 valence electrons. The van der Waals surface area contributed by atoms with Crippen LogP contribution < -0.4 is 4.67 Å². The van der Waals surface area contributed by atoms with Gasteiger partial charge in [0.05, 0.1) is 11.3 Å². The summed E-state index contributed by atoms with van der Waals surface area (Å²) in [6.07, 6.45) is 1.91. The molecule has 0 aliphatic carbocycles. The lowest BCUT2D eigenvalue weighted by molar-refractivity contribution is -0.112. The van der Waals surface area contributed by atoms with Crippen molar-refractivity contribution < 1.29 is 13.8 Å². The average molecular weight is 360 g/mol. The average Bonchev–Trinajstić information content (AvgIpc) is 3.09. The second-order valence-electron chi connectivity index (χ2n) is 5.34. The van der Waals surface area contributed by atoms with Crippen LogP contribution in [0.4, 0.5) is 5.69 Å².